The van der Waals surface area contributed by atoms with E-state index in [0.717, 1.165) is 85.1 Å². The minimum Gasteiger partial charge on any atom is -0.493 e. The van der Waals surface area contributed by atoms with Gasteiger partial charge in [0, 0.05) is 23.7 Å². The van der Waals surface area contributed by atoms with E-state index in [1.165, 1.54) is 24.8 Å². The molecule has 1 aliphatic heterocycles. The molecular formula is C43H50N2O6. The highest BCUT2D eigenvalue weighted by molar-refractivity contribution is 5.93. The number of hydrogen-bond donors (Lipinski definition) is 2. The van der Waals surface area contributed by atoms with Crippen LogP contribution in [0.1, 0.15) is 67.7 Å². The van der Waals surface area contributed by atoms with Gasteiger partial charge in [0.1, 0.15) is 24.2 Å². The highest BCUT2D eigenvalue weighted by atomic mass is 16.6. The average Bonchev–Trinajstić information content (AvgIpc) is 4.06. The molecule has 7 rings (SSSR count). The fourth-order valence-electron chi connectivity index (χ4n) is 5.62. The number of nitrogens with one attached hydrogen (secondary N) is 2. The largest absolute Gasteiger partial charge is 0.493 e. The molecule has 3 aliphatic rings. The normalized spacial score (nSPS) is 16.1. The average molecular weight is 691 g/mol. The van der Waals surface area contributed by atoms with E-state index in [4.69, 9.17) is 18.9 Å². The summed E-state index contributed by atoms with van der Waals surface area (Å²) in [6.07, 6.45) is 9.33. The van der Waals surface area contributed by atoms with Crippen molar-refractivity contribution in [2.24, 2.45) is 11.8 Å². The zero-order chi connectivity index (χ0) is 35.3. The summed E-state index contributed by atoms with van der Waals surface area (Å²) in [4.78, 5) is 24.3. The van der Waals surface area contributed by atoms with Crippen molar-refractivity contribution in [3.63, 3.8) is 0 Å². The van der Waals surface area contributed by atoms with E-state index in [2.05, 4.69) is 29.7 Å². The van der Waals surface area contributed by atoms with E-state index in [1.54, 1.807) is 0 Å². The third kappa shape index (κ3) is 12.5. The summed E-state index contributed by atoms with van der Waals surface area (Å²) in [6.45, 7) is 4.84. The predicted octanol–water partition coefficient (Wildman–Crippen LogP) is 9.01. The molecule has 268 valence electrons. The molecule has 0 aromatic heterocycles. The number of anilines is 2. The molecule has 0 spiro atoms. The van der Waals surface area contributed by atoms with Crippen molar-refractivity contribution in [2.45, 2.75) is 70.8 Å². The maximum absolute atomic E-state index is 12.2. The number of carbonyl (C=O) groups excluding carboxylic acids is 2. The van der Waals surface area contributed by atoms with Crippen molar-refractivity contribution in [2.75, 3.05) is 37.1 Å². The predicted molar refractivity (Wildman–Crippen MR) is 201 cm³/mol. The zero-order valence-corrected chi connectivity index (χ0v) is 29.6. The molecule has 8 nitrogen and oxygen atoms in total. The minimum absolute atomic E-state index is 0.128. The van der Waals surface area contributed by atoms with Crippen LogP contribution < -0.4 is 20.1 Å². The molecule has 3 fully saturated rings. The number of ether oxygens (including phenoxy) is 4. The Hall–Kier alpha value is -4.82. The first-order valence-corrected chi connectivity index (χ1v) is 18.5. The van der Waals surface area contributed by atoms with Gasteiger partial charge in [-0.1, -0.05) is 68.3 Å². The summed E-state index contributed by atoms with van der Waals surface area (Å²) in [5, 5.41) is 5.78. The van der Waals surface area contributed by atoms with Crippen LogP contribution in [0.3, 0.4) is 0 Å². The summed E-state index contributed by atoms with van der Waals surface area (Å²) >= 11 is 0. The van der Waals surface area contributed by atoms with Crippen molar-refractivity contribution < 1.29 is 28.5 Å². The van der Waals surface area contributed by atoms with Crippen LogP contribution in [0.15, 0.2) is 97.1 Å². The monoisotopic (exact) mass is 690 g/mol. The molecule has 2 N–H and O–H groups in total. The second-order valence-corrected chi connectivity index (χ2v) is 13.8. The lowest BCUT2D eigenvalue weighted by molar-refractivity contribution is -0.122. The summed E-state index contributed by atoms with van der Waals surface area (Å²) < 4.78 is 21.7. The first kappa shape index (κ1) is 36.0. The molecule has 1 heterocycles. The minimum atomic E-state index is -0.461. The zero-order valence-electron chi connectivity index (χ0n) is 29.6. The Morgan fingerprint density at radius 3 is 1.71 bits per heavy atom. The standard InChI is InChI=1S/C31H34N2O4.C12H16O2/c34-30(26-2-1-3-26)32-27-12-6-23(7-13-27)20-24-8-14-28(15-9-24)33-31(35)36-19-18-22-10-16-29(17-11-22)37-21-25-4-5-25;1-2-3-10-4-6-11(7-5-10)13-8-12-9-14-12/h6-17,25-26H,1-5,18-21H2,(H,32,34)(H,33,35);4-7,12H,2-3,8-9H2,1H3. The van der Waals surface area contributed by atoms with Gasteiger partial charge in [0.25, 0.3) is 0 Å². The number of carbonyl (C=O) groups is 2. The quantitative estimate of drug-likeness (QED) is 0.114. The molecule has 0 bridgehead atoms. The lowest BCUT2D eigenvalue weighted by Gasteiger charge is -2.24. The Balaban J connectivity index is 0.000000267. The highest BCUT2D eigenvalue weighted by Crippen LogP contribution is 2.30. The third-order valence-corrected chi connectivity index (χ3v) is 9.34. The lowest BCUT2D eigenvalue weighted by atomic mass is 9.85. The number of aryl methyl sites for hydroxylation is 1. The van der Waals surface area contributed by atoms with Gasteiger partial charge < -0.3 is 24.3 Å². The second-order valence-electron chi connectivity index (χ2n) is 13.8. The van der Waals surface area contributed by atoms with Crippen molar-refractivity contribution in [1.29, 1.82) is 0 Å². The smallest absolute Gasteiger partial charge is 0.411 e. The molecule has 51 heavy (non-hydrogen) atoms. The van der Waals surface area contributed by atoms with Gasteiger partial charge in [-0.25, -0.2) is 4.79 Å². The molecular weight excluding hydrogens is 640 g/mol. The molecule has 2 aliphatic carbocycles. The number of epoxide rings is 1. The molecule has 0 radical (unpaired) electrons. The van der Waals surface area contributed by atoms with Crippen molar-refractivity contribution in [3.8, 4) is 11.5 Å². The van der Waals surface area contributed by atoms with E-state index in [1.807, 2.05) is 84.9 Å². The van der Waals surface area contributed by atoms with Gasteiger partial charge in [0.2, 0.25) is 5.91 Å². The Bertz CT molecular complexity index is 1660. The van der Waals surface area contributed by atoms with Crippen LogP contribution in [0.2, 0.25) is 0 Å². The van der Waals surface area contributed by atoms with Gasteiger partial charge >= 0.3 is 6.09 Å². The lowest BCUT2D eigenvalue weighted by Crippen LogP contribution is -2.27. The molecule has 1 unspecified atom stereocenters. The Morgan fingerprint density at radius 2 is 1.20 bits per heavy atom. The van der Waals surface area contributed by atoms with Crippen LogP contribution in [0.25, 0.3) is 0 Å². The second kappa shape index (κ2) is 18.4. The summed E-state index contributed by atoms with van der Waals surface area (Å²) in [5.74, 6) is 2.88. The summed E-state index contributed by atoms with van der Waals surface area (Å²) in [5.41, 5.74) is 6.31. The van der Waals surface area contributed by atoms with E-state index < -0.39 is 6.09 Å². The van der Waals surface area contributed by atoms with Gasteiger partial charge in [-0.3, -0.25) is 10.1 Å². The van der Waals surface area contributed by atoms with Crippen LogP contribution in [0, 0.1) is 11.8 Å². The summed E-state index contributed by atoms with van der Waals surface area (Å²) in [7, 11) is 0. The number of rotatable bonds is 16. The topological polar surface area (TPSA) is 98.4 Å². The Morgan fingerprint density at radius 1 is 0.667 bits per heavy atom. The molecule has 1 saturated heterocycles. The van der Waals surface area contributed by atoms with E-state index in [9.17, 15) is 9.59 Å². The van der Waals surface area contributed by atoms with Gasteiger partial charge in [-0.2, -0.15) is 0 Å². The number of amides is 2. The number of benzene rings is 4. The molecule has 2 saturated carbocycles. The third-order valence-electron chi connectivity index (χ3n) is 9.34. The van der Waals surface area contributed by atoms with E-state index >= 15 is 0 Å². The number of hydrogen-bond acceptors (Lipinski definition) is 6. The van der Waals surface area contributed by atoms with Crippen LogP contribution >= 0.6 is 0 Å². The molecule has 4 aromatic carbocycles. The Kier molecular flexibility index (Phi) is 13.0. The van der Waals surface area contributed by atoms with Crippen LogP contribution in [-0.2, 0) is 33.5 Å². The maximum atomic E-state index is 12.2. The summed E-state index contributed by atoms with van der Waals surface area (Å²) in [6, 6.07) is 32.0. The van der Waals surface area contributed by atoms with Crippen molar-refractivity contribution >= 4 is 23.4 Å². The van der Waals surface area contributed by atoms with Crippen LogP contribution in [-0.4, -0.2) is 44.5 Å². The van der Waals surface area contributed by atoms with E-state index in [0.29, 0.717) is 31.4 Å². The van der Waals surface area contributed by atoms with E-state index in [-0.39, 0.29) is 11.8 Å². The first-order chi connectivity index (χ1) is 25.0. The highest BCUT2D eigenvalue weighted by Gasteiger charge is 2.25. The molecule has 1 atom stereocenters. The van der Waals surface area contributed by atoms with Gasteiger partial charge in [0.05, 0.1) is 19.8 Å². The first-order valence-electron chi connectivity index (χ1n) is 18.5. The van der Waals surface area contributed by atoms with Crippen molar-refractivity contribution in [1.82, 2.24) is 0 Å². The van der Waals surface area contributed by atoms with Gasteiger partial charge in [-0.05, 0) is 115 Å². The van der Waals surface area contributed by atoms with Gasteiger partial charge in [-0.15, -0.1) is 0 Å². The van der Waals surface area contributed by atoms with Crippen LogP contribution in [0.4, 0.5) is 16.2 Å². The molecule has 2 amide bonds. The molecule has 4 aromatic rings. The van der Waals surface area contributed by atoms with Crippen LogP contribution in [0.5, 0.6) is 11.5 Å². The fourth-order valence-corrected chi connectivity index (χ4v) is 5.62. The molecule has 8 heteroatoms. The maximum Gasteiger partial charge on any atom is 0.411 e. The Labute approximate surface area is 301 Å². The fraction of sp³-hybridized carbons (Fsp3) is 0.395. The van der Waals surface area contributed by atoms with Crippen molar-refractivity contribution in [3.05, 3.63) is 119 Å². The van der Waals surface area contributed by atoms with Gasteiger partial charge in [0.15, 0.2) is 0 Å². The SMILES string of the molecule is CCCc1ccc(OCC2CO2)cc1.O=C(Nc1ccc(Cc2ccc(NC(=O)C3CCC3)cc2)cc1)OCCc1ccc(OCC2CC2)cc1.